The van der Waals surface area contributed by atoms with Crippen LogP contribution in [0.15, 0.2) is 24.3 Å². The summed E-state index contributed by atoms with van der Waals surface area (Å²) in [5.74, 6) is -0.547. The van der Waals surface area contributed by atoms with E-state index in [-0.39, 0.29) is 18.1 Å². The maximum Gasteiger partial charge on any atom is 0.224 e. The van der Waals surface area contributed by atoms with Crippen molar-refractivity contribution < 1.29 is 9.18 Å². The zero-order valence-electron chi connectivity index (χ0n) is 10.9. The van der Waals surface area contributed by atoms with Gasteiger partial charge in [-0.3, -0.25) is 4.79 Å². The van der Waals surface area contributed by atoms with Crippen molar-refractivity contribution in [3.05, 3.63) is 51.2 Å². The van der Waals surface area contributed by atoms with Gasteiger partial charge in [0.25, 0.3) is 0 Å². The van der Waals surface area contributed by atoms with E-state index >= 15 is 0 Å². The molecule has 1 N–H and O–H groups in total. The van der Waals surface area contributed by atoms with Crippen molar-refractivity contribution in [2.45, 2.75) is 26.8 Å². The van der Waals surface area contributed by atoms with Gasteiger partial charge >= 0.3 is 0 Å². The Balaban J connectivity index is 1.90. The second-order valence-corrected chi connectivity index (χ2v) is 5.58. The normalized spacial score (nSPS) is 10.5. The maximum atomic E-state index is 13.4. The van der Waals surface area contributed by atoms with Crippen LogP contribution in [0.5, 0.6) is 0 Å². The third-order valence-corrected chi connectivity index (χ3v) is 3.89. The second-order valence-electron chi connectivity index (χ2n) is 4.29. The number of nitrogens with one attached hydrogen (secondary N) is 1. The van der Waals surface area contributed by atoms with Crippen LogP contribution in [0.3, 0.4) is 0 Å². The van der Waals surface area contributed by atoms with Crippen molar-refractivity contribution in [3.63, 3.8) is 0 Å². The third-order valence-electron chi connectivity index (χ3n) is 2.82. The molecule has 0 aliphatic heterocycles. The van der Waals surface area contributed by atoms with Gasteiger partial charge in [-0.25, -0.2) is 9.37 Å². The van der Waals surface area contributed by atoms with Crippen molar-refractivity contribution in [1.29, 1.82) is 0 Å². The molecule has 5 heteroatoms. The molecule has 0 radical (unpaired) electrons. The van der Waals surface area contributed by atoms with Gasteiger partial charge in [-0.2, -0.15) is 0 Å². The lowest BCUT2D eigenvalue weighted by Gasteiger charge is -2.04. The number of carbonyl (C=O) groups is 1. The Morgan fingerprint density at radius 1 is 1.37 bits per heavy atom. The van der Waals surface area contributed by atoms with Crippen molar-refractivity contribution >= 4 is 17.2 Å². The maximum absolute atomic E-state index is 13.4. The predicted molar refractivity (Wildman–Crippen MR) is 73.5 cm³/mol. The molecule has 2 aromatic rings. The highest BCUT2D eigenvalue weighted by Gasteiger charge is 2.09. The second kappa shape index (κ2) is 5.93. The minimum absolute atomic E-state index is 0.0516. The van der Waals surface area contributed by atoms with Gasteiger partial charge in [0.15, 0.2) is 0 Å². The molecular formula is C14H15FN2OS. The summed E-state index contributed by atoms with van der Waals surface area (Å²) in [5.41, 5.74) is 1.40. The summed E-state index contributed by atoms with van der Waals surface area (Å²) >= 11 is 1.57. The van der Waals surface area contributed by atoms with Crippen LogP contribution in [0.1, 0.15) is 21.1 Å². The van der Waals surface area contributed by atoms with E-state index in [9.17, 15) is 9.18 Å². The molecular weight excluding hydrogens is 263 g/mol. The first-order valence-corrected chi connectivity index (χ1v) is 6.81. The summed E-state index contributed by atoms with van der Waals surface area (Å²) < 4.78 is 13.4. The van der Waals surface area contributed by atoms with E-state index in [1.807, 2.05) is 13.8 Å². The fourth-order valence-electron chi connectivity index (χ4n) is 1.67. The Morgan fingerprint density at radius 3 is 2.74 bits per heavy atom. The lowest BCUT2D eigenvalue weighted by atomic mass is 10.1. The number of hydrogen-bond acceptors (Lipinski definition) is 3. The third kappa shape index (κ3) is 3.61. The highest BCUT2D eigenvalue weighted by molar-refractivity contribution is 7.11. The van der Waals surface area contributed by atoms with Crippen LogP contribution in [0.2, 0.25) is 0 Å². The molecule has 0 aliphatic carbocycles. The van der Waals surface area contributed by atoms with Crippen LogP contribution in [0.25, 0.3) is 0 Å². The molecule has 1 aromatic heterocycles. The number of thiazole rings is 1. The van der Waals surface area contributed by atoms with Gasteiger partial charge < -0.3 is 5.32 Å². The highest BCUT2D eigenvalue weighted by atomic mass is 32.1. The molecule has 0 unspecified atom stereocenters. The lowest BCUT2D eigenvalue weighted by Crippen LogP contribution is -2.24. The van der Waals surface area contributed by atoms with E-state index in [0.29, 0.717) is 12.1 Å². The number of halogens is 1. The molecule has 100 valence electrons. The topological polar surface area (TPSA) is 42.0 Å². The van der Waals surface area contributed by atoms with Gasteiger partial charge in [-0.05, 0) is 25.5 Å². The number of aryl methyl sites for hydroxylation is 2. The Morgan fingerprint density at radius 2 is 2.11 bits per heavy atom. The molecule has 0 bridgehead atoms. The van der Waals surface area contributed by atoms with Crippen LogP contribution in [0.4, 0.5) is 4.39 Å². The monoisotopic (exact) mass is 278 g/mol. The number of rotatable bonds is 4. The Kier molecular flexibility index (Phi) is 4.27. The Labute approximate surface area is 115 Å². The molecule has 1 aromatic carbocycles. The van der Waals surface area contributed by atoms with Gasteiger partial charge in [0.1, 0.15) is 10.8 Å². The standard InChI is InChI=1S/C14H15FN2OS/c1-9-10(2)19-14(17-9)8-16-13(18)7-11-5-3-4-6-12(11)15/h3-6H,7-8H2,1-2H3,(H,16,18). The molecule has 0 spiro atoms. The summed E-state index contributed by atoms with van der Waals surface area (Å²) in [4.78, 5) is 17.2. The number of benzene rings is 1. The Hall–Kier alpha value is -1.75. The molecule has 0 aliphatic rings. The summed E-state index contributed by atoms with van der Waals surface area (Å²) in [5, 5.41) is 3.63. The molecule has 0 saturated carbocycles. The van der Waals surface area contributed by atoms with Crippen LogP contribution < -0.4 is 5.32 Å². The number of amides is 1. The first-order chi connectivity index (χ1) is 9.06. The first-order valence-electron chi connectivity index (χ1n) is 5.99. The number of carbonyl (C=O) groups excluding carboxylic acids is 1. The van der Waals surface area contributed by atoms with Gasteiger partial charge in [0.05, 0.1) is 18.7 Å². The van der Waals surface area contributed by atoms with Crippen LogP contribution in [-0.2, 0) is 17.8 Å². The van der Waals surface area contributed by atoms with Crippen molar-refractivity contribution in [3.8, 4) is 0 Å². The summed E-state index contributed by atoms with van der Waals surface area (Å²) in [7, 11) is 0. The molecule has 2 rings (SSSR count). The SMILES string of the molecule is Cc1nc(CNC(=O)Cc2ccccc2F)sc1C. The van der Waals surface area contributed by atoms with Crippen molar-refractivity contribution in [2.75, 3.05) is 0 Å². The summed E-state index contributed by atoms with van der Waals surface area (Å²) in [6.45, 7) is 4.33. The Bertz CT molecular complexity index is 575. The van der Waals surface area contributed by atoms with Gasteiger partial charge in [-0.15, -0.1) is 11.3 Å². The van der Waals surface area contributed by atoms with E-state index in [1.165, 1.54) is 6.07 Å². The predicted octanol–water partition coefficient (Wildman–Crippen LogP) is 2.76. The summed E-state index contributed by atoms with van der Waals surface area (Å²) in [6.07, 6.45) is 0.0516. The quantitative estimate of drug-likeness (QED) is 0.934. The number of nitrogens with zero attached hydrogens (tertiary/aromatic N) is 1. The molecule has 1 heterocycles. The van der Waals surface area contributed by atoms with Crippen molar-refractivity contribution in [1.82, 2.24) is 10.3 Å². The average molecular weight is 278 g/mol. The first kappa shape index (κ1) is 13.7. The largest absolute Gasteiger partial charge is 0.349 e. The highest BCUT2D eigenvalue weighted by Crippen LogP contribution is 2.16. The van der Waals surface area contributed by atoms with Crippen LogP contribution in [-0.4, -0.2) is 10.9 Å². The van der Waals surface area contributed by atoms with Crippen molar-refractivity contribution in [2.24, 2.45) is 0 Å². The lowest BCUT2D eigenvalue weighted by molar-refractivity contribution is -0.120. The smallest absolute Gasteiger partial charge is 0.224 e. The zero-order valence-corrected chi connectivity index (χ0v) is 11.7. The molecule has 0 fully saturated rings. The fraction of sp³-hybridized carbons (Fsp3) is 0.286. The van der Waals surface area contributed by atoms with E-state index in [1.54, 1.807) is 29.5 Å². The number of aromatic nitrogens is 1. The average Bonchev–Trinajstić information content (AvgIpc) is 2.69. The molecule has 19 heavy (non-hydrogen) atoms. The molecule has 1 amide bonds. The van der Waals surface area contributed by atoms with Crippen LogP contribution >= 0.6 is 11.3 Å². The minimum atomic E-state index is -0.349. The fourth-order valence-corrected chi connectivity index (χ4v) is 2.54. The van der Waals surface area contributed by atoms with Gasteiger partial charge in [0, 0.05) is 4.88 Å². The van der Waals surface area contributed by atoms with E-state index in [4.69, 9.17) is 0 Å². The van der Waals surface area contributed by atoms with Gasteiger partial charge in [0.2, 0.25) is 5.91 Å². The summed E-state index contributed by atoms with van der Waals surface area (Å²) in [6, 6.07) is 6.31. The molecule has 3 nitrogen and oxygen atoms in total. The van der Waals surface area contributed by atoms with E-state index < -0.39 is 0 Å². The van der Waals surface area contributed by atoms with E-state index in [2.05, 4.69) is 10.3 Å². The van der Waals surface area contributed by atoms with E-state index in [0.717, 1.165) is 15.6 Å². The molecule has 0 saturated heterocycles. The minimum Gasteiger partial charge on any atom is -0.349 e. The van der Waals surface area contributed by atoms with Crippen LogP contribution in [0, 0.1) is 19.7 Å². The number of hydrogen-bond donors (Lipinski definition) is 1. The molecule has 0 atom stereocenters. The van der Waals surface area contributed by atoms with Gasteiger partial charge in [-0.1, -0.05) is 18.2 Å². The zero-order chi connectivity index (χ0) is 13.8.